The minimum Gasteiger partial charge on any atom is -0.349 e. The van der Waals surface area contributed by atoms with Crippen LogP contribution in [0.4, 0.5) is 4.39 Å². The van der Waals surface area contributed by atoms with Gasteiger partial charge in [0.2, 0.25) is 0 Å². The lowest BCUT2D eigenvalue weighted by molar-refractivity contribution is 0.0924. The van der Waals surface area contributed by atoms with Gasteiger partial charge in [-0.05, 0) is 30.5 Å². The predicted molar refractivity (Wildman–Crippen MR) is 75.8 cm³/mol. The highest BCUT2D eigenvalue weighted by Crippen LogP contribution is 2.20. The fraction of sp³-hybridized carbons (Fsp3) is 0.462. The van der Waals surface area contributed by atoms with Crippen LogP contribution in [0.15, 0.2) is 23.1 Å². The molecule has 0 fully saturated rings. The molecule has 0 aliphatic heterocycles. The lowest BCUT2D eigenvalue weighted by atomic mass is 10.0. The van der Waals surface area contributed by atoms with Crippen LogP contribution < -0.4 is 5.32 Å². The number of hydrogen-bond donors (Lipinski definition) is 1. The summed E-state index contributed by atoms with van der Waals surface area (Å²) in [6.45, 7) is 5.87. The van der Waals surface area contributed by atoms with Gasteiger partial charge in [-0.15, -0.1) is 0 Å². The Balaban J connectivity index is 3.07. The van der Waals surface area contributed by atoms with Crippen LogP contribution in [0.1, 0.15) is 37.6 Å². The van der Waals surface area contributed by atoms with Crippen molar-refractivity contribution in [3.8, 4) is 0 Å². The number of carbonyl (C=O) groups excluding carboxylic acids is 1. The van der Waals surface area contributed by atoms with Crippen molar-refractivity contribution in [3.63, 3.8) is 0 Å². The highest BCUT2D eigenvalue weighted by molar-refractivity contribution is 8.13. The fourth-order valence-corrected chi connectivity index (χ4v) is 2.75. The molecule has 0 spiro atoms. The molecule has 1 N–H and O–H groups in total. The van der Waals surface area contributed by atoms with Gasteiger partial charge in [0.1, 0.15) is 10.7 Å². The molecule has 20 heavy (non-hydrogen) atoms. The molecule has 0 saturated heterocycles. The summed E-state index contributed by atoms with van der Waals surface area (Å²) < 4.78 is 35.8. The van der Waals surface area contributed by atoms with Crippen molar-refractivity contribution < 1.29 is 17.6 Å². The van der Waals surface area contributed by atoms with E-state index in [0.717, 1.165) is 18.6 Å². The molecule has 0 bridgehead atoms. The minimum absolute atomic E-state index is 0.0383. The maximum Gasteiger partial charge on any atom is 0.264 e. The Kier molecular flexibility index (Phi) is 5.53. The van der Waals surface area contributed by atoms with E-state index in [-0.39, 0.29) is 17.5 Å². The first-order chi connectivity index (χ1) is 9.16. The Bertz CT molecular complexity index is 602. The number of benzene rings is 1. The maximum absolute atomic E-state index is 13.4. The molecule has 7 heteroatoms. The Morgan fingerprint density at radius 1 is 1.40 bits per heavy atom. The van der Waals surface area contributed by atoms with Crippen LogP contribution >= 0.6 is 10.7 Å². The second-order valence-corrected chi connectivity index (χ2v) is 7.35. The predicted octanol–water partition coefficient (Wildman–Crippen LogP) is 2.92. The summed E-state index contributed by atoms with van der Waals surface area (Å²) in [5.74, 6) is -1.19. The number of amides is 1. The van der Waals surface area contributed by atoms with E-state index in [2.05, 4.69) is 5.32 Å². The summed E-state index contributed by atoms with van der Waals surface area (Å²) in [7, 11) is 0.902. The molecule has 1 unspecified atom stereocenters. The van der Waals surface area contributed by atoms with Crippen molar-refractivity contribution in [1.82, 2.24) is 5.32 Å². The number of rotatable bonds is 5. The number of halogens is 2. The van der Waals surface area contributed by atoms with Gasteiger partial charge in [-0.3, -0.25) is 4.79 Å². The van der Waals surface area contributed by atoms with Gasteiger partial charge in [-0.25, -0.2) is 12.8 Å². The summed E-state index contributed by atoms with van der Waals surface area (Å²) in [5, 5.41) is 2.78. The van der Waals surface area contributed by atoms with Crippen LogP contribution in [0.2, 0.25) is 0 Å². The number of nitrogens with one attached hydrogen (secondary N) is 1. The van der Waals surface area contributed by atoms with Crippen LogP contribution in [0.5, 0.6) is 0 Å². The van der Waals surface area contributed by atoms with Gasteiger partial charge >= 0.3 is 0 Å². The first kappa shape index (κ1) is 16.9. The second kappa shape index (κ2) is 6.54. The molecule has 4 nitrogen and oxygen atoms in total. The van der Waals surface area contributed by atoms with Crippen molar-refractivity contribution in [2.24, 2.45) is 5.92 Å². The molecular formula is C13H17ClFNO3S. The van der Waals surface area contributed by atoms with Gasteiger partial charge in [0.05, 0.1) is 0 Å². The fourth-order valence-electron chi connectivity index (χ4n) is 1.82. The summed E-state index contributed by atoms with van der Waals surface area (Å²) in [6.07, 6.45) is 0.741. The molecule has 0 aliphatic rings. The van der Waals surface area contributed by atoms with Crippen LogP contribution in [0.3, 0.4) is 0 Å². The summed E-state index contributed by atoms with van der Waals surface area (Å²) >= 11 is 0. The Morgan fingerprint density at radius 2 is 2.00 bits per heavy atom. The van der Waals surface area contributed by atoms with Gasteiger partial charge < -0.3 is 5.32 Å². The monoisotopic (exact) mass is 321 g/mol. The standard InChI is InChI=1S/C13H17ClFNO3S/c1-4-11(8(2)3)16-13(17)9-5-6-10(15)12(7-9)20(14,18)19/h5-8,11H,4H2,1-3H3,(H,16,17). The van der Waals surface area contributed by atoms with Crippen molar-refractivity contribution >= 4 is 25.6 Å². The molecule has 0 radical (unpaired) electrons. The molecule has 1 aromatic carbocycles. The van der Waals surface area contributed by atoms with Crippen LogP contribution in [-0.4, -0.2) is 20.4 Å². The van der Waals surface area contributed by atoms with Crippen molar-refractivity contribution in [2.45, 2.75) is 38.1 Å². The van der Waals surface area contributed by atoms with E-state index >= 15 is 0 Å². The van der Waals surface area contributed by atoms with Gasteiger partial charge in [-0.2, -0.15) is 0 Å². The molecule has 1 rings (SSSR count). The first-order valence-electron chi connectivity index (χ1n) is 6.21. The van der Waals surface area contributed by atoms with E-state index in [0.29, 0.717) is 0 Å². The van der Waals surface area contributed by atoms with Crippen LogP contribution in [0, 0.1) is 11.7 Å². The topological polar surface area (TPSA) is 63.2 Å². The molecule has 112 valence electrons. The van der Waals surface area contributed by atoms with E-state index < -0.39 is 25.7 Å². The summed E-state index contributed by atoms with van der Waals surface area (Å²) in [5.41, 5.74) is 0.0599. The zero-order chi connectivity index (χ0) is 15.5. The lowest BCUT2D eigenvalue weighted by Crippen LogP contribution is -2.38. The van der Waals surface area contributed by atoms with E-state index in [4.69, 9.17) is 10.7 Å². The molecule has 0 aromatic heterocycles. The smallest absolute Gasteiger partial charge is 0.264 e. The second-order valence-electron chi connectivity index (χ2n) is 4.82. The highest BCUT2D eigenvalue weighted by atomic mass is 35.7. The molecular weight excluding hydrogens is 305 g/mol. The number of hydrogen-bond acceptors (Lipinski definition) is 3. The van der Waals surface area contributed by atoms with Crippen LogP contribution in [-0.2, 0) is 9.05 Å². The van der Waals surface area contributed by atoms with E-state index in [1.165, 1.54) is 6.07 Å². The van der Waals surface area contributed by atoms with E-state index in [1.807, 2.05) is 20.8 Å². The Labute approximate surface area is 122 Å². The quantitative estimate of drug-likeness (QED) is 0.848. The Morgan fingerprint density at radius 3 is 2.45 bits per heavy atom. The minimum atomic E-state index is -4.22. The van der Waals surface area contributed by atoms with Gasteiger partial charge in [0.15, 0.2) is 0 Å². The largest absolute Gasteiger partial charge is 0.349 e. The van der Waals surface area contributed by atoms with Gasteiger partial charge in [-0.1, -0.05) is 20.8 Å². The van der Waals surface area contributed by atoms with Crippen molar-refractivity contribution in [1.29, 1.82) is 0 Å². The summed E-state index contributed by atoms with van der Waals surface area (Å²) in [4.78, 5) is 11.3. The average Bonchev–Trinajstić information content (AvgIpc) is 2.34. The average molecular weight is 322 g/mol. The highest BCUT2D eigenvalue weighted by Gasteiger charge is 2.20. The molecule has 0 saturated carbocycles. The zero-order valence-electron chi connectivity index (χ0n) is 11.5. The SMILES string of the molecule is CCC(NC(=O)c1ccc(F)c(S(=O)(=O)Cl)c1)C(C)C. The molecule has 0 aliphatic carbocycles. The summed E-state index contributed by atoms with van der Waals surface area (Å²) in [6, 6.07) is 3.05. The molecule has 1 atom stereocenters. The van der Waals surface area contributed by atoms with Gasteiger partial charge in [0.25, 0.3) is 15.0 Å². The maximum atomic E-state index is 13.4. The number of carbonyl (C=O) groups is 1. The first-order valence-corrected chi connectivity index (χ1v) is 8.52. The third kappa shape index (κ3) is 4.18. The Hall–Kier alpha value is -1.14. The van der Waals surface area contributed by atoms with E-state index in [1.54, 1.807) is 0 Å². The molecule has 0 heterocycles. The third-order valence-corrected chi connectivity index (χ3v) is 4.35. The van der Waals surface area contributed by atoms with Crippen LogP contribution in [0.25, 0.3) is 0 Å². The zero-order valence-corrected chi connectivity index (χ0v) is 13.1. The molecule has 1 aromatic rings. The third-order valence-electron chi connectivity index (χ3n) is 3.02. The normalized spacial score (nSPS) is 13.3. The molecule has 1 amide bonds. The lowest BCUT2D eigenvalue weighted by Gasteiger charge is -2.20. The van der Waals surface area contributed by atoms with E-state index in [9.17, 15) is 17.6 Å². The van der Waals surface area contributed by atoms with Gasteiger partial charge in [0, 0.05) is 22.3 Å². The van der Waals surface area contributed by atoms with Crippen molar-refractivity contribution in [2.75, 3.05) is 0 Å². The van der Waals surface area contributed by atoms with Crippen molar-refractivity contribution in [3.05, 3.63) is 29.6 Å².